The SMILES string of the molecule is CCOC(=O)CNC(=O)Cc1c(Cl)cccc1Cl. The normalized spacial score (nSPS) is 9.94. The molecule has 1 aromatic rings. The number of rotatable bonds is 5. The van der Waals surface area contributed by atoms with Gasteiger partial charge in [-0.25, -0.2) is 0 Å². The highest BCUT2D eigenvalue weighted by Gasteiger charge is 2.11. The van der Waals surface area contributed by atoms with E-state index in [1.807, 2.05) is 0 Å². The number of esters is 1. The minimum Gasteiger partial charge on any atom is -0.465 e. The first kappa shape index (κ1) is 14.8. The second kappa shape index (κ2) is 7.24. The molecule has 0 bridgehead atoms. The van der Waals surface area contributed by atoms with E-state index in [0.717, 1.165) is 0 Å². The van der Waals surface area contributed by atoms with Gasteiger partial charge in [0.1, 0.15) is 6.54 Å². The number of nitrogens with one attached hydrogen (secondary N) is 1. The molecule has 0 fully saturated rings. The molecule has 18 heavy (non-hydrogen) atoms. The topological polar surface area (TPSA) is 55.4 Å². The van der Waals surface area contributed by atoms with Crippen LogP contribution in [0.2, 0.25) is 10.0 Å². The third-order valence-corrected chi connectivity index (χ3v) is 2.84. The highest BCUT2D eigenvalue weighted by molar-refractivity contribution is 6.36. The summed E-state index contributed by atoms with van der Waals surface area (Å²) in [7, 11) is 0. The van der Waals surface area contributed by atoms with Gasteiger partial charge in [0.2, 0.25) is 5.91 Å². The summed E-state index contributed by atoms with van der Waals surface area (Å²) >= 11 is 11.9. The third kappa shape index (κ3) is 4.55. The number of benzene rings is 1. The van der Waals surface area contributed by atoms with Crippen LogP contribution in [0.3, 0.4) is 0 Å². The van der Waals surface area contributed by atoms with Crippen molar-refractivity contribution >= 4 is 35.1 Å². The van der Waals surface area contributed by atoms with Crippen molar-refractivity contribution in [2.24, 2.45) is 0 Å². The fourth-order valence-corrected chi connectivity index (χ4v) is 1.84. The highest BCUT2D eigenvalue weighted by Crippen LogP contribution is 2.24. The Balaban J connectivity index is 2.52. The van der Waals surface area contributed by atoms with Crippen molar-refractivity contribution in [2.45, 2.75) is 13.3 Å². The van der Waals surface area contributed by atoms with E-state index in [1.54, 1.807) is 25.1 Å². The predicted octanol–water partition coefficient (Wildman–Crippen LogP) is 2.22. The molecule has 1 rings (SSSR count). The maximum atomic E-state index is 11.6. The van der Waals surface area contributed by atoms with Gasteiger partial charge in [-0.05, 0) is 24.6 Å². The van der Waals surface area contributed by atoms with E-state index >= 15 is 0 Å². The molecule has 0 spiro atoms. The predicted molar refractivity (Wildman–Crippen MR) is 69.8 cm³/mol. The van der Waals surface area contributed by atoms with Gasteiger partial charge in [-0.3, -0.25) is 9.59 Å². The van der Waals surface area contributed by atoms with Crippen molar-refractivity contribution in [3.8, 4) is 0 Å². The van der Waals surface area contributed by atoms with Crippen LogP contribution in [0.5, 0.6) is 0 Å². The van der Waals surface area contributed by atoms with E-state index in [1.165, 1.54) is 0 Å². The van der Waals surface area contributed by atoms with Crippen molar-refractivity contribution in [1.82, 2.24) is 5.32 Å². The summed E-state index contributed by atoms with van der Waals surface area (Å²) in [4.78, 5) is 22.6. The number of amides is 1. The molecule has 0 aliphatic rings. The molecule has 0 saturated heterocycles. The van der Waals surface area contributed by atoms with Crippen LogP contribution in [0, 0.1) is 0 Å². The average Bonchev–Trinajstić information content (AvgIpc) is 2.32. The zero-order valence-electron chi connectivity index (χ0n) is 9.83. The number of carbonyl (C=O) groups excluding carboxylic acids is 2. The lowest BCUT2D eigenvalue weighted by atomic mass is 10.1. The van der Waals surface area contributed by atoms with Crippen LogP contribution in [0.25, 0.3) is 0 Å². The summed E-state index contributed by atoms with van der Waals surface area (Å²) in [6, 6.07) is 5.01. The Morgan fingerprint density at radius 2 is 1.89 bits per heavy atom. The van der Waals surface area contributed by atoms with Crippen molar-refractivity contribution < 1.29 is 14.3 Å². The zero-order valence-corrected chi connectivity index (χ0v) is 11.3. The van der Waals surface area contributed by atoms with Gasteiger partial charge in [0.15, 0.2) is 0 Å². The molecule has 0 aliphatic heterocycles. The van der Waals surface area contributed by atoms with Gasteiger partial charge in [-0.1, -0.05) is 29.3 Å². The Kier molecular flexibility index (Phi) is 5.95. The van der Waals surface area contributed by atoms with Gasteiger partial charge in [-0.2, -0.15) is 0 Å². The third-order valence-electron chi connectivity index (χ3n) is 2.13. The molecule has 0 atom stereocenters. The van der Waals surface area contributed by atoms with Gasteiger partial charge in [0, 0.05) is 10.0 Å². The molecule has 0 radical (unpaired) electrons. The van der Waals surface area contributed by atoms with Crippen LogP contribution in [-0.2, 0) is 20.7 Å². The second-order valence-corrected chi connectivity index (χ2v) is 4.27. The molecule has 4 nitrogen and oxygen atoms in total. The lowest BCUT2D eigenvalue weighted by Crippen LogP contribution is -2.31. The number of halogens is 2. The van der Waals surface area contributed by atoms with Gasteiger partial charge in [-0.15, -0.1) is 0 Å². The molecule has 6 heteroatoms. The summed E-state index contributed by atoms with van der Waals surface area (Å²) in [6.07, 6.45) is 0.0257. The summed E-state index contributed by atoms with van der Waals surface area (Å²) in [5, 5.41) is 3.29. The average molecular weight is 290 g/mol. The number of carbonyl (C=O) groups is 2. The van der Waals surface area contributed by atoms with Crippen molar-refractivity contribution in [3.05, 3.63) is 33.8 Å². The first-order valence-electron chi connectivity index (χ1n) is 5.39. The Labute approximate surface area is 115 Å². The Morgan fingerprint density at radius 3 is 2.44 bits per heavy atom. The van der Waals surface area contributed by atoms with E-state index in [0.29, 0.717) is 15.6 Å². The molecule has 0 saturated carbocycles. The fourth-order valence-electron chi connectivity index (χ4n) is 1.31. The Hall–Kier alpha value is -1.26. The summed E-state index contributed by atoms with van der Waals surface area (Å²) < 4.78 is 4.68. The molecule has 0 heterocycles. The lowest BCUT2D eigenvalue weighted by molar-refractivity contribution is -0.143. The van der Waals surface area contributed by atoms with Gasteiger partial charge in [0.05, 0.1) is 13.0 Å². The Bertz CT molecular complexity index is 429. The highest BCUT2D eigenvalue weighted by atomic mass is 35.5. The van der Waals surface area contributed by atoms with Crippen LogP contribution < -0.4 is 5.32 Å². The van der Waals surface area contributed by atoms with Gasteiger partial charge >= 0.3 is 5.97 Å². The van der Waals surface area contributed by atoms with Crippen LogP contribution in [-0.4, -0.2) is 25.0 Å². The van der Waals surface area contributed by atoms with Crippen LogP contribution in [0.15, 0.2) is 18.2 Å². The van der Waals surface area contributed by atoms with Crippen LogP contribution in [0.1, 0.15) is 12.5 Å². The minimum absolute atomic E-state index is 0.0257. The second-order valence-electron chi connectivity index (χ2n) is 3.46. The molecular formula is C12H13Cl2NO3. The molecule has 1 aromatic carbocycles. The molecular weight excluding hydrogens is 277 g/mol. The van der Waals surface area contributed by atoms with E-state index in [-0.39, 0.29) is 25.5 Å². The summed E-state index contributed by atoms with van der Waals surface area (Å²) in [5.41, 5.74) is 0.544. The van der Waals surface area contributed by atoms with E-state index in [9.17, 15) is 9.59 Å². The van der Waals surface area contributed by atoms with Crippen molar-refractivity contribution in [1.29, 1.82) is 0 Å². The minimum atomic E-state index is -0.476. The number of hydrogen-bond acceptors (Lipinski definition) is 3. The molecule has 0 aliphatic carbocycles. The first-order chi connectivity index (χ1) is 8.54. The van der Waals surface area contributed by atoms with E-state index in [2.05, 4.69) is 10.1 Å². The first-order valence-corrected chi connectivity index (χ1v) is 6.15. The number of ether oxygens (including phenoxy) is 1. The number of hydrogen-bond donors (Lipinski definition) is 1. The van der Waals surface area contributed by atoms with Crippen molar-refractivity contribution in [3.63, 3.8) is 0 Å². The molecule has 98 valence electrons. The standard InChI is InChI=1S/C12H13Cl2NO3/c1-2-18-12(17)7-15-11(16)6-8-9(13)4-3-5-10(8)14/h3-5H,2,6-7H2,1H3,(H,15,16). The van der Waals surface area contributed by atoms with Gasteiger partial charge < -0.3 is 10.1 Å². The monoisotopic (exact) mass is 289 g/mol. The van der Waals surface area contributed by atoms with Crippen LogP contribution >= 0.6 is 23.2 Å². The maximum Gasteiger partial charge on any atom is 0.325 e. The maximum absolute atomic E-state index is 11.6. The largest absolute Gasteiger partial charge is 0.465 e. The smallest absolute Gasteiger partial charge is 0.325 e. The summed E-state index contributed by atoms with van der Waals surface area (Å²) in [6.45, 7) is 1.82. The molecule has 0 unspecified atom stereocenters. The molecule has 1 amide bonds. The molecule has 0 aromatic heterocycles. The fraction of sp³-hybridized carbons (Fsp3) is 0.333. The lowest BCUT2D eigenvalue weighted by Gasteiger charge is -2.07. The quantitative estimate of drug-likeness (QED) is 0.846. The van der Waals surface area contributed by atoms with Crippen molar-refractivity contribution in [2.75, 3.05) is 13.2 Å². The van der Waals surface area contributed by atoms with Gasteiger partial charge in [0.25, 0.3) is 0 Å². The van der Waals surface area contributed by atoms with E-state index < -0.39 is 5.97 Å². The van der Waals surface area contributed by atoms with Crippen LogP contribution in [0.4, 0.5) is 0 Å². The zero-order chi connectivity index (χ0) is 13.5. The summed E-state index contributed by atoms with van der Waals surface area (Å²) in [5.74, 6) is -0.811. The molecule has 1 N–H and O–H groups in total. The Morgan fingerprint density at radius 1 is 1.28 bits per heavy atom. The van der Waals surface area contributed by atoms with E-state index in [4.69, 9.17) is 23.2 Å².